The number of benzene rings is 10. The number of fused-ring (bicyclic) bond motifs is 6. The molecule has 0 radical (unpaired) electrons. The lowest BCUT2D eigenvalue weighted by Crippen LogP contribution is -2.28. The van der Waals surface area contributed by atoms with E-state index in [1.165, 1.54) is 82.4 Å². The van der Waals surface area contributed by atoms with Crippen LogP contribution in [0.25, 0.3) is 54.6 Å². The molecule has 0 unspecified atom stereocenters. The second-order valence-corrected chi connectivity index (χ2v) is 17.2. The topological polar surface area (TPSA) is 3.24 Å². The van der Waals surface area contributed by atoms with E-state index in [1.54, 1.807) is 0 Å². The molecule has 0 spiro atoms. The summed E-state index contributed by atoms with van der Waals surface area (Å²) in [6.07, 6.45) is 0. The molecule has 0 aromatic heterocycles. The van der Waals surface area contributed by atoms with E-state index in [1.807, 2.05) is 0 Å². The SMILES string of the molecule is CC(C)(C)c1ccc(N(c2ccc3c(c2)-c2ccccc2C3(c2ccccc2)c2ccccc2)c2ccc3ccccc3c2-c2cccc3ccccc23)c2ccccc12. The summed E-state index contributed by atoms with van der Waals surface area (Å²) < 4.78 is 0. The lowest BCUT2D eigenvalue weighted by Gasteiger charge is -2.34. The highest BCUT2D eigenvalue weighted by Crippen LogP contribution is 2.58. The molecule has 0 fully saturated rings. The first-order valence-electron chi connectivity index (χ1n) is 21.1. The summed E-state index contributed by atoms with van der Waals surface area (Å²) in [4.78, 5) is 2.55. The van der Waals surface area contributed by atoms with Crippen molar-refractivity contribution in [1.82, 2.24) is 0 Å². The van der Waals surface area contributed by atoms with Gasteiger partial charge in [0.15, 0.2) is 0 Å². The second-order valence-electron chi connectivity index (χ2n) is 17.2. The Kier molecular flexibility index (Phi) is 8.36. The molecule has 0 saturated heterocycles. The van der Waals surface area contributed by atoms with Crippen molar-refractivity contribution >= 4 is 49.4 Å². The molecule has 1 nitrogen and oxygen atoms in total. The zero-order chi connectivity index (χ0) is 40.4. The maximum atomic E-state index is 2.55. The van der Waals surface area contributed by atoms with Crippen LogP contribution in [-0.4, -0.2) is 0 Å². The molecule has 1 aliphatic rings. The quantitative estimate of drug-likeness (QED) is 0.163. The van der Waals surface area contributed by atoms with Crippen molar-refractivity contribution in [1.29, 1.82) is 0 Å². The fourth-order valence-electron chi connectivity index (χ4n) is 10.3. The first kappa shape index (κ1) is 35.9. The minimum atomic E-state index is -0.476. The third-order valence-corrected chi connectivity index (χ3v) is 12.9. The summed E-state index contributed by atoms with van der Waals surface area (Å²) in [6, 6.07) is 81.2. The molecule has 0 saturated carbocycles. The Morgan fingerprint density at radius 2 is 0.900 bits per heavy atom. The van der Waals surface area contributed by atoms with Gasteiger partial charge in [-0.2, -0.15) is 0 Å². The molecule has 0 aliphatic heterocycles. The van der Waals surface area contributed by atoms with Gasteiger partial charge in [0.25, 0.3) is 0 Å². The predicted molar refractivity (Wildman–Crippen MR) is 255 cm³/mol. The van der Waals surface area contributed by atoms with Crippen molar-refractivity contribution in [3.8, 4) is 22.3 Å². The van der Waals surface area contributed by atoms with E-state index < -0.39 is 5.41 Å². The lowest BCUT2D eigenvalue weighted by atomic mass is 9.68. The lowest BCUT2D eigenvalue weighted by molar-refractivity contribution is 0.596. The van der Waals surface area contributed by atoms with Crippen molar-refractivity contribution in [2.75, 3.05) is 4.90 Å². The maximum Gasteiger partial charge on any atom is 0.0713 e. The van der Waals surface area contributed by atoms with E-state index in [-0.39, 0.29) is 5.41 Å². The summed E-state index contributed by atoms with van der Waals surface area (Å²) in [7, 11) is 0. The summed E-state index contributed by atoms with van der Waals surface area (Å²) in [5.74, 6) is 0. The summed E-state index contributed by atoms with van der Waals surface area (Å²) in [5.41, 5.74) is 14.3. The summed E-state index contributed by atoms with van der Waals surface area (Å²) in [5, 5.41) is 7.42. The number of nitrogens with zero attached hydrogens (tertiary/aromatic N) is 1. The largest absolute Gasteiger partial charge is 0.309 e. The van der Waals surface area contributed by atoms with Crippen LogP contribution < -0.4 is 4.90 Å². The molecule has 0 bridgehead atoms. The molecule has 0 heterocycles. The van der Waals surface area contributed by atoms with Crippen LogP contribution in [-0.2, 0) is 10.8 Å². The first-order valence-corrected chi connectivity index (χ1v) is 21.1. The van der Waals surface area contributed by atoms with E-state index in [0.29, 0.717) is 0 Å². The Morgan fingerprint density at radius 1 is 0.367 bits per heavy atom. The average Bonchev–Trinajstić information content (AvgIpc) is 3.59. The monoisotopic (exact) mass is 767 g/mol. The van der Waals surface area contributed by atoms with Crippen LogP contribution in [0.1, 0.15) is 48.6 Å². The third-order valence-electron chi connectivity index (χ3n) is 12.9. The van der Waals surface area contributed by atoms with Crippen molar-refractivity contribution < 1.29 is 0 Å². The standard InChI is InChI=1S/C59H45N/c1-58(2,3)52-36-38-55(49-30-15-14-28-47(49)52)60(56-37-33-41-20-11-13-27-46(41)57(56)50-31-18-21-40-19-10-12-26-45(40)50)44-34-35-54-51(39-44)48-29-16-17-32-53(48)59(54,42-22-6-4-7-23-42)43-24-8-5-9-25-43/h4-39H,1-3H3. The smallest absolute Gasteiger partial charge is 0.0713 e. The van der Waals surface area contributed by atoms with Crippen molar-refractivity contribution in [3.63, 3.8) is 0 Å². The fourth-order valence-corrected chi connectivity index (χ4v) is 10.3. The zero-order valence-corrected chi connectivity index (χ0v) is 34.2. The van der Waals surface area contributed by atoms with Crippen molar-refractivity contribution in [2.45, 2.75) is 31.6 Å². The number of hydrogen-bond donors (Lipinski definition) is 0. The molecule has 10 aromatic carbocycles. The number of hydrogen-bond acceptors (Lipinski definition) is 1. The second kappa shape index (κ2) is 14.0. The Hall–Kier alpha value is -7.22. The van der Waals surface area contributed by atoms with Crippen molar-refractivity contribution in [2.24, 2.45) is 0 Å². The van der Waals surface area contributed by atoms with Gasteiger partial charge in [0.05, 0.1) is 16.8 Å². The average molecular weight is 768 g/mol. The molecular weight excluding hydrogens is 723 g/mol. The molecular formula is C59H45N. The minimum Gasteiger partial charge on any atom is -0.309 e. The Labute approximate surface area is 352 Å². The highest BCUT2D eigenvalue weighted by molar-refractivity contribution is 6.13. The van der Waals surface area contributed by atoms with Gasteiger partial charge in [0.1, 0.15) is 0 Å². The van der Waals surface area contributed by atoms with Gasteiger partial charge in [-0.3, -0.25) is 0 Å². The van der Waals surface area contributed by atoms with Gasteiger partial charge in [-0.15, -0.1) is 0 Å². The zero-order valence-electron chi connectivity index (χ0n) is 34.2. The van der Waals surface area contributed by atoms with Gasteiger partial charge < -0.3 is 4.90 Å². The molecule has 0 atom stereocenters. The van der Waals surface area contributed by atoms with Gasteiger partial charge in [-0.1, -0.05) is 215 Å². The molecule has 60 heavy (non-hydrogen) atoms. The van der Waals surface area contributed by atoms with Gasteiger partial charge in [-0.05, 0) is 101 Å². The van der Waals surface area contributed by atoms with Crippen LogP contribution in [0.15, 0.2) is 218 Å². The van der Waals surface area contributed by atoms with Gasteiger partial charge >= 0.3 is 0 Å². The summed E-state index contributed by atoms with van der Waals surface area (Å²) in [6.45, 7) is 6.95. The molecule has 10 aromatic rings. The van der Waals surface area contributed by atoms with Crippen LogP contribution in [0.4, 0.5) is 17.1 Å². The molecule has 1 aliphatic carbocycles. The Balaban J connectivity index is 1.26. The normalized spacial score (nSPS) is 13.1. The maximum absolute atomic E-state index is 2.55. The van der Waals surface area contributed by atoms with Crippen molar-refractivity contribution in [3.05, 3.63) is 246 Å². The van der Waals surface area contributed by atoms with E-state index in [0.717, 1.165) is 17.1 Å². The Morgan fingerprint density at radius 3 is 1.62 bits per heavy atom. The van der Waals surface area contributed by atoms with Crippen LogP contribution in [0.5, 0.6) is 0 Å². The van der Waals surface area contributed by atoms with Crippen LogP contribution >= 0.6 is 0 Å². The molecule has 1 heteroatoms. The minimum absolute atomic E-state index is 0.0322. The van der Waals surface area contributed by atoms with E-state index in [4.69, 9.17) is 0 Å². The molecule has 11 rings (SSSR count). The van der Waals surface area contributed by atoms with Crippen LogP contribution in [0, 0.1) is 0 Å². The number of rotatable bonds is 6. The van der Waals surface area contributed by atoms with Gasteiger partial charge in [-0.25, -0.2) is 0 Å². The molecule has 0 N–H and O–H groups in total. The van der Waals surface area contributed by atoms with Gasteiger partial charge in [0, 0.05) is 16.6 Å². The third kappa shape index (κ3) is 5.46. The summed E-state index contributed by atoms with van der Waals surface area (Å²) >= 11 is 0. The Bertz CT molecular complexity index is 3200. The highest BCUT2D eigenvalue weighted by Gasteiger charge is 2.46. The van der Waals surface area contributed by atoms with Crippen LogP contribution in [0.3, 0.4) is 0 Å². The van der Waals surface area contributed by atoms with Gasteiger partial charge in [0.2, 0.25) is 0 Å². The molecule has 0 amide bonds. The van der Waals surface area contributed by atoms with E-state index >= 15 is 0 Å². The number of anilines is 3. The first-order chi connectivity index (χ1) is 29.4. The molecule has 286 valence electrons. The fraction of sp³-hybridized carbons (Fsp3) is 0.0847. The van der Waals surface area contributed by atoms with E-state index in [2.05, 4.69) is 244 Å². The van der Waals surface area contributed by atoms with E-state index in [9.17, 15) is 0 Å². The van der Waals surface area contributed by atoms with Crippen LogP contribution in [0.2, 0.25) is 0 Å². The highest BCUT2D eigenvalue weighted by atomic mass is 15.1. The predicted octanol–water partition coefficient (Wildman–Crippen LogP) is 15.9.